The van der Waals surface area contributed by atoms with Crippen molar-refractivity contribution in [3.05, 3.63) is 53.9 Å². The van der Waals surface area contributed by atoms with E-state index in [4.69, 9.17) is 0 Å². The second-order valence-electron chi connectivity index (χ2n) is 5.03. The average molecular weight is 240 g/mol. The smallest absolute Gasteiger partial charge is 0.149 e. The third-order valence-corrected chi connectivity index (χ3v) is 3.72. The van der Waals surface area contributed by atoms with Gasteiger partial charge in [-0.2, -0.15) is 5.10 Å². The van der Waals surface area contributed by atoms with Gasteiger partial charge in [0.25, 0.3) is 0 Å². The second kappa shape index (κ2) is 4.09. The van der Waals surface area contributed by atoms with E-state index in [1.165, 1.54) is 0 Å². The maximum absolute atomic E-state index is 12.5. The number of carbonyl (C=O) groups is 1. The molecule has 0 unspecified atom stereocenters. The van der Waals surface area contributed by atoms with Gasteiger partial charge in [0.15, 0.2) is 0 Å². The van der Waals surface area contributed by atoms with E-state index in [0.717, 1.165) is 24.1 Å². The zero-order chi connectivity index (χ0) is 12.6. The van der Waals surface area contributed by atoms with Gasteiger partial charge in [0.2, 0.25) is 0 Å². The molecule has 0 spiro atoms. The van der Waals surface area contributed by atoms with Crippen molar-refractivity contribution < 1.29 is 4.79 Å². The van der Waals surface area contributed by atoms with Crippen LogP contribution in [0.1, 0.15) is 24.1 Å². The minimum absolute atomic E-state index is 0.223. The molecule has 1 aliphatic carbocycles. The molecule has 0 saturated heterocycles. The minimum Gasteiger partial charge on any atom is -0.298 e. The molecule has 0 aliphatic heterocycles. The molecule has 0 bridgehead atoms. The molecular formula is C15H16N2O. The summed E-state index contributed by atoms with van der Waals surface area (Å²) in [6.07, 6.45) is 4.27. The molecule has 1 aliphatic rings. The summed E-state index contributed by atoms with van der Waals surface area (Å²) >= 11 is 0. The van der Waals surface area contributed by atoms with Gasteiger partial charge in [0.1, 0.15) is 5.78 Å². The lowest BCUT2D eigenvalue weighted by atomic mass is 9.89. The fourth-order valence-corrected chi connectivity index (χ4v) is 2.50. The van der Waals surface area contributed by atoms with Crippen molar-refractivity contribution in [2.24, 2.45) is 7.05 Å². The molecule has 3 heteroatoms. The van der Waals surface area contributed by atoms with Gasteiger partial charge in [0.05, 0.1) is 17.5 Å². The number of hydrogen-bond acceptors (Lipinski definition) is 2. The molecule has 3 rings (SSSR count). The van der Waals surface area contributed by atoms with Crippen LogP contribution in [0.25, 0.3) is 0 Å². The lowest BCUT2D eigenvalue weighted by Gasteiger charge is -2.13. The van der Waals surface area contributed by atoms with Crippen LogP contribution < -0.4 is 0 Å². The summed E-state index contributed by atoms with van der Waals surface area (Å²) in [6.45, 7) is 0. The fraction of sp³-hybridized carbons (Fsp3) is 0.333. The quantitative estimate of drug-likeness (QED) is 0.821. The first-order valence-corrected chi connectivity index (χ1v) is 6.28. The molecule has 3 nitrogen and oxygen atoms in total. The maximum Gasteiger partial charge on any atom is 0.149 e. The normalized spacial score (nSPS) is 16.5. The maximum atomic E-state index is 12.5. The van der Waals surface area contributed by atoms with Crippen LogP contribution in [0.5, 0.6) is 0 Å². The Hall–Kier alpha value is -1.90. The van der Waals surface area contributed by atoms with Gasteiger partial charge in [-0.25, -0.2) is 0 Å². The standard InChI is InChI=1S/C15H16N2O/c1-17-10-7-13(16-17)11-14(18)15(8-9-15)12-5-3-2-4-6-12/h2-7,10H,8-9,11H2,1H3. The third-order valence-electron chi connectivity index (χ3n) is 3.72. The van der Waals surface area contributed by atoms with Crippen LogP contribution in [-0.2, 0) is 23.7 Å². The molecule has 18 heavy (non-hydrogen) atoms. The van der Waals surface area contributed by atoms with Crippen LogP contribution in [0, 0.1) is 0 Å². The van der Waals surface area contributed by atoms with E-state index in [1.807, 2.05) is 37.5 Å². The predicted molar refractivity (Wildman–Crippen MR) is 69.3 cm³/mol. The van der Waals surface area contributed by atoms with E-state index in [1.54, 1.807) is 4.68 Å². The first-order valence-electron chi connectivity index (χ1n) is 6.28. The summed E-state index contributed by atoms with van der Waals surface area (Å²) in [4.78, 5) is 12.5. The predicted octanol–water partition coefficient (Wildman–Crippen LogP) is 2.26. The molecule has 1 aromatic heterocycles. The van der Waals surface area contributed by atoms with E-state index in [9.17, 15) is 4.79 Å². The summed E-state index contributed by atoms with van der Waals surface area (Å²) < 4.78 is 1.74. The number of nitrogens with zero attached hydrogens (tertiary/aromatic N) is 2. The lowest BCUT2D eigenvalue weighted by Crippen LogP contribution is -2.22. The van der Waals surface area contributed by atoms with Crippen molar-refractivity contribution in [3.63, 3.8) is 0 Å². The number of aryl methyl sites for hydroxylation is 1. The first-order chi connectivity index (χ1) is 8.71. The van der Waals surface area contributed by atoms with Gasteiger partial charge in [-0.1, -0.05) is 30.3 Å². The van der Waals surface area contributed by atoms with Gasteiger partial charge in [-0.15, -0.1) is 0 Å². The SMILES string of the molecule is Cn1ccc(CC(=O)C2(c3ccccc3)CC2)n1. The van der Waals surface area contributed by atoms with Gasteiger partial charge >= 0.3 is 0 Å². The van der Waals surface area contributed by atoms with Crippen molar-refractivity contribution in [1.29, 1.82) is 0 Å². The Bertz CT molecular complexity index is 567. The molecule has 1 fully saturated rings. The molecule has 0 atom stereocenters. The minimum atomic E-state index is -0.223. The number of rotatable bonds is 4. The van der Waals surface area contributed by atoms with E-state index >= 15 is 0 Å². The summed E-state index contributed by atoms with van der Waals surface area (Å²) in [7, 11) is 1.87. The molecule has 2 aromatic rings. The van der Waals surface area contributed by atoms with Crippen LogP contribution in [-0.4, -0.2) is 15.6 Å². The third kappa shape index (κ3) is 1.86. The average Bonchev–Trinajstić information content (AvgIpc) is 3.10. The number of benzene rings is 1. The highest BCUT2D eigenvalue weighted by molar-refractivity contribution is 5.94. The van der Waals surface area contributed by atoms with Crippen LogP contribution in [0.15, 0.2) is 42.6 Å². The largest absolute Gasteiger partial charge is 0.298 e. The van der Waals surface area contributed by atoms with Crippen molar-refractivity contribution in [1.82, 2.24) is 9.78 Å². The van der Waals surface area contributed by atoms with Crippen molar-refractivity contribution in [2.45, 2.75) is 24.7 Å². The van der Waals surface area contributed by atoms with E-state index in [2.05, 4.69) is 17.2 Å². The van der Waals surface area contributed by atoms with Crippen molar-refractivity contribution in [3.8, 4) is 0 Å². The van der Waals surface area contributed by atoms with Crippen molar-refractivity contribution >= 4 is 5.78 Å². The number of Topliss-reactive ketones (excluding diaryl/α,β-unsaturated/α-hetero) is 1. The summed E-state index contributed by atoms with van der Waals surface area (Å²) in [6, 6.07) is 12.0. The topological polar surface area (TPSA) is 34.9 Å². The molecule has 0 N–H and O–H groups in total. The molecule has 0 radical (unpaired) electrons. The highest BCUT2D eigenvalue weighted by atomic mass is 16.1. The fourth-order valence-electron chi connectivity index (χ4n) is 2.50. The number of hydrogen-bond donors (Lipinski definition) is 0. The van der Waals surface area contributed by atoms with Crippen molar-refractivity contribution in [2.75, 3.05) is 0 Å². The van der Waals surface area contributed by atoms with Crippen LogP contribution in [0.2, 0.25) is 0 Å². The Morgan fingerprint density at radius 3 is 2.56 bits per heavy atom. The van der Waals surface area contributed by atoms with Gasteiger partial charge in [-0.3, -0.25) is 9.48 Å². The van der Waals surface area contributed by atoms with Gasteiger partial charge < -0.3 is 0 Å². The monoisotopic (exact) mass is 240 g/mol. The Balaban J connectivity index is 1.81. The van der Waals surface area contributed by atoms with E-state index in [-0.39, 0.29) is 5.41 Å². The second-order valence-corrected chi connectivity index (χ2v) is 5.03. The first kappa shape index (κ1) is 11.2. The summed E-state index contributed by atoms with van der Waals surface area (Å²) in [5.41, 5.74) is 1.80. The molecule has 0 amide bonds. The number of carbonyl (C=O) groups excluding carboxylic acids is 1. The van der Waals surface area contributed by atoms with Gasteiger partial charge in [-0.05, 0) is 24.5 Å². The molecule has 1 heterocycles. The zero-order valence-corrected chi connectivity index (χ0v) is 10.5. The Kier molecular flexibility index (Phi) is 2.54. The molecule has 1 aromatic carbocycles. The Morgan fingerprint density at radius 1 is 1.28 bits per heavy atom. The number of ketones is 1. The number of aromatic nitrogens is 2. The lowest BCUT2D eigenvalue weighted by molar-refractivity contribution is -0.120. The van der Waals surface area contributed by atoms with Crippen LogP contribution in [0.4, 0.5) is 0 Å². The summed E-state index contributed by atoms with van der Waals surface area (Å²) in [5, 5.41) is 4.28. The van der Waals surface area contributed by atoms with E-state index in [0.29, 0.717) is 12.2 Å². The van der Waals surface area contributed by atoms with Crippen LogP contribution in [0.3, 0.4) is 0 Å². The van der Waals surface area contributed by atoms with Gasteiger partial charge in [0, 0.05) is 13.2 Å². The van der Waals surface area contributed by atoms with E-state index < -0.39 is 0 Å². The highest BCUT2D eigenvalue weighted by Gasteiger charge is 2.50. The Labute approximate surface area is 106 Å². The summed E-state index contributed by atoms with van der Waals surface area (Å²) in [5.74, 6) is 0.299. The highest BCUT2D eigenvalue weighted by Crippen LogP contribution is 2.49. The Morgan fingerprint density at radius 2 is 2.00 bits per heavy atom. The molecule has 92 valence electrons. The molecule has 1 saturated carbocycles. The zero-order valence-electron chi connectivity index (χ0n) is 10.5. The van der Waals surface area contributed by atoms with Crippen LogP contribution >= 0.6 is 0 Å². The molecular weight excluding hydrogens is 224 g/mol.